The largest absolute Gasteiger partial charge is 0.508 e. The molecule has 0 bridgehead atoms. The Labute approximate surface area is 213 Å². The van der Waals surface area contributed by atoms with Gasteiger partial charge >= 0.3 is 12.1 Å². The summed E-state index contributed by atoms with van der Waals surface area (Å²) < 4.78 is 31.7. The Kier molecular flexibility index (Phi) is 10.3. The minimum absolute atomic E-state index is 0.138. The van der Waals surface area contributed by atoms with E-state index >= 15 is 0 Å². The lowest BCUT2D eigenvalue weighted by Crippen LogP contribution is -2.43. The van der Waals surface area contributed by atoms with Gasteiger partial charge in [0.2, 0.25) is 5.91 Å². The molecule has 6 nitrogen and oxygen atoms in total. The molecule has 0 radical (unpaired) electrons. The number of alkyl halides is 3. The lowest BCUT2D eigenvalue weighted by atomic mass is 9.95. The third kappa shape index (κ3) is 9.27. The normalized spacial score (nSPS) is 12.6. The van der Waals surface area contributed by atoms with Crippen molar-refractivity contribution < 1.29 is 33.0 Å². The van der Waals surface area contributed by atoms with E-state index in [1.165, 1.54) is 11.1 Å². The number of aromatic hydroxyl groups is 1. The first-order chi connectivity index (χ1) is 17.3. The van der Waals surface area contributed by atoms with Gasteiger partial charge in [0.15, 0.2) is 0 Å². The van der Waals surface area contributed by atoms with Crippen molar-refractivity contribution in [3.05, 3.63) is 100 Å². The molecule has 0 saturated heterocycles. The Morgan fingerprint density at radius 1 is 0.946 bits per heavy atom. The second kappa shape index (κ2) is 12.9. The first kappa shape index (κ1) is 29.4. The number of nitrogens with two attached hydrogens (primary N) is 1. The van der Waals surface area contributed by atoms with Gasteiger partial charge in [-0.3, -0.25) is 4.79 Å². The van der Waals surface area contributed by atoms with Gasteiger partial charge in [0.05, 0.1) is 12.1 Å². The number of phenolic OH excluding ortho intramolecular Hbond substituents is 1. The summed E-state index contributed by atoms with van der Waals surface area (Å²) >= 11 is 0. The summed E-state index contributed by atoms with van der Waals surface area (Å²) in [5.74, 6) is -2.70. The maximum absolute atomic E-state index is 12.7. The predicted molar refractivity (Wildman–Crippen MR) is 135 cm³/mol. The SMILES string of the molecule is Cc1cc(O)cc(C)c1C[C@H](N)C(=O)N[C@H](C)c1cccc(Cc2ccccc2)c1.O=C(O)C(F)(F)F. The summed E-state index contributed by atoms with van der Waals surface area (Å²) in [6, 6.07) is 21.2. The molecule has 0 aromatic heterocycles. The fourth-order valence-electron chi connectivity index (χ4n) is 3.81. The predicted octanol–water partition coefficient (Wildman–Crippen LogP) is 4.98. The van der Waals surface area contributed by atoms with Crippen molar-refractivity contribution in [2.75, 3.05) is 0 Å². The third-order valence-corrected chi connectivity index (χ3v) is 5.74. The zero-order valence-corrected chi connectivity index (χ0v) is 20.8. The van der Waals surface area contributed by atoms with Crippen molar-refractivity contribution in [2.45, 2.75) is 51.9 Å². The van der Waals surface area contributed by atoms with Gasteiger partial charge in [0.25, 0.3) is 0 Å². The second-order valence-electron chi connectivity index (χ2n) is 8.81. The van der Waals surface area contributed by atoms with Gasteiger partial charge in [-0.25, -0.2) is 4.79 Å². The Bertz CT molecular complexity index is 1190. The molecule has 9 heteroatoms. The molecular weight excluding hydrogens is 485 g/mol. The third-order valence-electron chi connectivity index (χ3n) is 5.74. The molecule has 37 heavy (non-hydrogen) atoms. The van der Waals surface area contributed by atoms with Crippen molar-refractivity contribution in [1.82, 2.24) is 5.32 Å². The molecule has 2 atom stereocenters. The van der Waals surface area contributed by atoms with Crippen LogP contribution in [0.3, 0.4) is 0 Å². The standard InChI is InChI=1S/C26H30N2O2.C2HF3O2/c1-17-12-23(29)13-18(2)24(17)16-25(27)26(30)28-19(3)22-11-7-10-21(15-22)14-20-8-5-4-6-9-20;3-2(4,5)1(6)7/h4-13,15,19,25,29H,14,16,27H2,1-3H3,(H,28,30);(H,6,7)/t19-,25+;/m1./s1. The highest BCUT2D eigenvalue weighted by Gasteiger charge is 2.38. The van der Waals surface area contributed by atoms with E-state index in [-0.39, 0.29) is 17.7 Å². The number of aliphatic carboxylic acids is 1. The fraction of sp³-hybridized carbons (Fsp3) is 0.286. The molecule has 0 unspecified atom stereocenters. The minimum atomic E-state index is -5.08. The van der Waals surface area contributed by atoms with Crippen molar-refractivity contribution in [2.24, 2.45) is 5.73 Å². The van der Waals surface area contributed by atoms with E-state index in [2.05, 4.69) is 29.6 Å². The highest BCUT2D eigenvalue weighted by molar-refractivity contribution is 5.82. The van der Waals surface area contributed by atoms with Crippen LogP contribution < -0.4 is 11.1 Å². The number of carbonyl (C=O) groups excluding carboxylic acids is 1. The van der Waals surface area contributed by atoms with Gasteiger partial charge in [-0.15, -0.1) is 0 Å². The van der Waals surface area contributed by atoms with E-state index in [0.717, 1.165) is 28.7 Å². The maximum atomic E-state index is 12.7. The molecule has 0 spiro atoms. The van der Waals surface area contributed by atoms with Crippen LogP contribution in [0.15, 0.2) is 66.7 Å². The monoisotopic (exact) mass is 516 g/mol. The van der Waals surface area contributed by atoms with Crippen LogP contribution >= 0.6 is 0 Å². The van der Waals surface area contributed by atoms with Crippen molar-refractivity contribution in [1.29, 1.82) is 0 Å². The molecule has 198 valence electrons. The van der Waals surface area contributed by atoms with Crippen molar-refractivity contribution >= 4 is 11.9 Å². The number of carboxylic acid groups (broad SMARTS) is 1. The summed E-state index contributed by atoms with van der Waals surface area (Å²) in [5.41, 5.74) is 12.6. The van der Waals surface area contributed by atoms with Crippen LogP contribution in [0.5, 0.6) is 5.75 Å². The zero-order valence-electron chi connectivity index (χ0n) is 20.8. The topological polar surface area (TPSA) is 113 Å². The van der Waals surface area contributed by atoms with E-state index in [4.69, 9.17) is 15.6 Å². The molecule has 3 aromatic rings. The minimum Gasteiger partial charge on any atom is -0.508 e. The molecule has 0 aliphatic heterocycles. The number of hydrogen-bond donors (Lipinski definition) is 4. The molecule has 0 saturated carbocycles. The highest BCUT2D eigenvalue weighted by atomic mass is 19.4. The first-order valence-electron chi connectivity index (χ1n) is 11.6. The summed E-state index contributed by atoms with van der Waals surface area (Å²) in [6.07, 6.45) is -3.79. The summed E-state index contributed by atoms with van der Waals surface area (Å²) in [7, 11) is 0. The Morgan fingerprint density at radius 3 is 2.03 bits per heavy atom. The van der Waals surface area contributed by atoms with Gasteiger partial charge in [0, 0.05) is 0 Å². The molecule has 3 aromatic carbocycles. The summed E-state index contributed by atoms with van der Waals surface area (Å²) in [5, 5.41) is 19.9. The molecule has 0 aliphatic rings. The summed E-state index contributed by atoms with van der Waals surface area (Å²) in [4.78, 5) is 21.6. The van der Waals surface area contributed by atoms with Crippen LogP contribution in [-0.2, 0) is 22.4 Å². The van der Waals surface area contributed by atoms with Gasteiger partial charge in [-0.2, -0.15) is 13.2 Å². The Hall–Kier alpha value is -3.85. The number of aryl methyl sites for hydroxylation is 2. The van der Waals surface area contributed by atoms with Crippen LogP contribution in [0.2, 0.25) is 0 Å². The number of benzene rings is 3. The van der Waals surface area contributed by atoms with Crippen molar-refractivity contribution in [3.63, 3.8) is 0 Å². The van der Waals surface area contributed by atoms with Crippen LogP contribution in [-0.4, -0.2) is 34.3 Å². The van der Waals surface area contributed by atoms with Crippen LogP contribution in [0.4, 0.5) is 13.2 Å². The number of carboxylic acids is 1. The van der Waals surface area contributed by atoms with Gasteiger partial charge < -0.3 is 21.3 Å². The van der Waals surface area contributed by atoms with E-state index in [9.17, 15) is 23.1 Å². The average Bonchev–Trinajstić information content (AvgIpc) is 2.81. The number of halogens is 3. The molecule has 5 N–H and O–H groups in total. The number of carbonyl (C=O) groups is 2. The van der Waals surface area contributed by atoms with Crippen LogP contribution in [0.1, 0.15) is 46.3 Å². The summed E-state index contributed by atoms with van der Waals surface area (Å²) in [6.45, 7) is 5.82. The highest BCUT2D eigenvalue weighted by Crippen LogP contribution is 2.22. The van der Waals surface area contributed by atoms with Crippen LogP contribution in [0, 0.1) is 13.8 Å². The van der Waals surface area contributed by atoms with E-state index in [0.29, 0.717) is 6.42 Å². The van der Waals surface area contributed by atoms with Gasteiger partial charge in [-0.05, 0) is 79.1 Å². The number of nitrogens with one attached hydrogen (secondary N) is 1. The lowest BCUT2D eigenvalue weighted by Gasteiger charge is -2.20. The molecular formula is C28H31F3N2O4. The Morgan fingerprint density at radius 2 is 1.49 bits per heavy atom. The van der Waals surface area contributed by atoms with Gasteiger partial charge in [-0.1, -0.05) is 54.6 Å². The van der Waals surface area contributed by atoms with E-state index in [1.807, 2.05) is 51.1 Å². The quantitative estimate of drug-likeness (QED) is 0.354. The van der Waals surface area contributed by atoms with Crippen molar-refractivity contribution in [3.8, 4) is 5.75 Å². The first-order valence-corrected chi connectivity index (χ1v) is 11.6. The molecule has 1 amide bonds. The molecule has 0 heterocycles. The van der Waals surface area contributed by atoms with E-state index in [1.54, 1.807) is 12.1 Å². The number of rotatable bonds is 7. The second-order valence-corrected chi connectivity index (χ2v) is 8.81. The Balaban J connectivity index is 0.000000604. The van der Waals surface area contributed by atoms with Crippen LogP contribution in [0.25, 0.3) is 0 Å². The molecule has 3 rings (SSSR count). The number of phenols is 1. The maximum Gasteiger partial charge on any atom is 0.490 e. The number of hydrogen-bond acceptors (Lipinski definition) is 4. The smallest absolute Gasteiger partial charge is 0.490 e. The fourth-order valence-corrected chi connectivity index (χ4v) is 3.81. The molecule has 0 fully saturated rings. The zero-order chi connectivity index (χ0) is 27.8. The number of amides is 1. The van der Waals surface area contributed by atoms with Gasteiger partial charge in [0.1, 0.15) is 5.75 Å². The average molecular weight is 517 g/mol. The van der Waals surface area contributed by atoms with E-state index < -0.39 is 18.2 Å². The lowest BCUT2D eigenvalue weighted by molar-refractivity contribution is -0.192. The molecule has 0 aliphatic carbocycles.